The highest BCUT2D eigenvalue weighted by Crippen LogP contribution is 2.23. The van der Waals surface area contributed by atoms with Gasteiger partial charge in [0.1, 0.15) is 12.4 Å². The second kappa shape index (κ2) is 9.65. The van der Waals surface area contributed by atoms with Crippen LogP contribution in [0.5, 0.6) is 5.75 Å². The molecule has 0 unspecified atom stereocenters. The van der Waals surface area contributed by atoms with Gasteiger partial charge in [0.05, 0.1) is 16.5 Å². The molecule has 3 aromatic rings. The Morgan fingerprint density at radius 3 is 2.43 bits per heavy atom. The van der Waals surface area contributed by atoms with Crippen molar-refractivity contribution in [1.82, 2.24) is 5.32 Å². The zero-order chi connectivity index (χ0) is 21.6. The highest BCUT2D eigenvalue weighted by Gasteiger charge is 2.19. The molecule has 3 aromatic carbocycles. The number of rotatable bonds is 8. The standard InChI is InChI=1S/C22H21ClN2O4S/c1-16-11-12-17(15-21(16)30(27,28)25-18-7-3-2-4-8-18)22(26)24-13-14-29-20-10-6-5-9-19(20)23/h2-12,15,25H,13-14H2,1H3,(H,24,26). The molecule has 0 aliphatic heterocycles. The Morgan fingerprint density at radius 2 is 1.70 bits per heavy atom. The monoisotopic (exact) mass is 444 g/mol. The molecule has 0 heterocycles. The van der Waals surface area contributed by atoms with E-state index in [9.17, 15) is 13.2 Å². The van der Waals surface area contributed by atoms with Crippen LogP contribution in [-0.2, 0) is 10.0 Å². The molecule has 30 heavy (non-hydrogen) atoms. The summed E-state index contributed by atoms with van der Waals surface area (Å²) in [5.74, 6) is 0.137. The zero-order valence-electron chi connectivity index (χ0n) is 16.3. The van der Waals surface area contributed by atoms with Gasteiger partial charge in [0.2, 0.25) is 0 Å². The maximum atomic E-state index is 12.8. The fourth-order valence-electron chi connectivity index (χ4n) is 2.74. The Kier molecular flexibility index (Phi) is 6.97. The van der Waals surface area contributed by atoms with E-state index in [-0.39, 0.29) is 23.6 Å². The number of halogens is 1. The number of para-hydroxylation sites is 2. The average molecular weight is 445 g/mol. The van der Waals surface area contributed by atoms with Crippen LogP contribution in [-0.4, -0.2) is 27.5 Å². The van der Waals surface area contributed by atoms with E-state index in [1.54, 1.807) is 73.7 Å². The van der Waals surface area contributed by atoms with Crippen LogP contribution >= 0.6 is 11.6 Å². The van der Waals surface area contributed by atoms with Crippen LogP contribution in [0.1, 0.15) is 15.9 Å². The molecule has 0 fully saturated rings. The topological polar surface area (TPSA) is 84.5 Å². The molecule has 0 aliphatic rings. The smallest absolute Gasteiger partial charge is 0.262 e. The summed E-state index contributed by atoms with van der Waals surface area (Å²) < 4.78 is 33.6. The van der Waals surface area contributed by atoms with Crippen molar-refractivity contribution in [3.8, 4) is 5.75 Å². The second-order valence-electron chi connectivity index (χ2n) is 6.49. The Hall–Kier alpha value is -3.03. The van der Waals surface area contributed by atoms with E-state index in [1.807, 2.05) is 0 Å². The van der Waals surface area contributed by atoms with E-state index in [4.69, 9.17) is 16.3 Å². The molecule has 0 radical (unpaired) electrons. The van der Waals surface area contributed by atoms with Gasteiger partial charge in [-0.15, -0.1) is 0 Å². The van der Waals surface area contributed by atoms with Crippen molar-refractivity contribution in [2.75, 3.05) is 17.9 Å². The van der Waals surface area contributed by atoms with E-state index < -0.39 is 15.9 Å². The summed E-state index contributed by atoms with van der Waals surface area (Å²) in [6.45, 7) is 2.14. The third kappa shape index (κ3) is 5.52. The van der Waals surface area contributed by atoms with Gasteiger partial charge in [-0.2, -0.15) is 0 Å². The predicted molar refractivity (Wildman–Crippen MR) is 118 cm³/mol. The number of aryl methyl sites for hydroxylation is 1. The third-order valence-corrected chi connectivity index (χ3v) is 6.08. The molecule has 0 bridgehead atoms. The predicted octanol–water partition coefficient (Wildman–Crippen LogP) is 4.26. The van der Waals surface area contributed by atoms with Gasteiger partial charge in [0.25, 0.3) is 15.9 Å². The highest BCUT2D eigenvalue weighted by molar-refractivity contribution is 7.92. The average Bonchev–Trinajstić information content (AvgIpc) is 2.73. The number of nitrogens with one attached hydrogen (secondary N) is 2. The van der Waals surface area contributed by atoms with Crippen LogP contribution in [0.2, 0.25) is 5.02 Å². The number of ether oxygens (including phenoxy) is 1. The van der Waals surface area contributed by atoms with Gasteiger partial charge in [-0.05, 0) is 48.9 Å². The SMILES string of the molecule is Cc1ccc(C(=O)NCCOc2ccccc2Cl)cc1S(=O)(=O)Nc1ccccc1. The van der Waals surface area contributed by atoms with Crippen molar-refractivity contribution in [3.63, 3.8) is 0 Å². The Labute approximate surface area is 180 Å². The van der Waals surface area contributed by atoms with Crippen molar-refractivity contribution in [1.29, 1.82) is 0 Å². The first-order valence-corrected chi connectivity index (χ1v) is 11.1. The summed E-state index contributed by atoms with van der Waals surface area (Å²) in [4.78, 5) is 12.5. The van der Waals surface area contributed by atoms with E-state index in [1.165, 1.54) is 6.07 Å². The molecule has 8 heteroatoms. The third-order valence-electron chi connectivity index (χ3n) is 4.25. The minimum atomic E-state index is -3.84. The van der Waals surface area contributed by atoms with E-state index >= 15 is 0 Å². The van der Waals surface area contributed by atoms with Crippen LogP contribution in [0.25, 0.3) is 0 Å². The molecular formula is C22H21ClN2O4S. The summed E-state index contributed by atoms with van der Waals surface area (Å²) in [7, 11) is -3.84. The molecule has 3 rings (SSSR count). The summed E-state index contributed by atoms with van der Waals surface area (Å²) in [5, 5.41) is 3.20. The highest BCUT2D eigenvalue weighted by atomic mass is 35.5. The van der Waals surface area contributed by atoms with Gasteiger partial charge in [0, 0.05) is 11.3 Å². The number of amides is 1. The molecule has 6 nitrogen and oxygen atoms in total. The molecule has 1 amide bonds. The van der Waals surface area contributed by atoms with Gasteiger partial charge in [-0.25, -0.2) is 8.42 Å². The van der Waals surface area contributed by atoms with Crippen molar-refractivity contribution < 1.29 is 17.9 Å². The van der Waals surface area contributed by atoms with Gasteiger partial charge < -0.3 is 10.1 Å². The van der Waals surface area contributed by atoms with Crippen LogP contribution < -0.4 is 14.8 Å². The summed E-state index contributed by atoms with van der Waals surface area (Å²) >= 11 is 6.02. The number of benzene rings is 3. The number of hydrogen-bond donors (Lipinski definition) is 2. The number of carbonyl (C=O) groups is 1. The number of carbonyl (C=O) groups excluding carboxylic acids is 1. The zero-order valence-corrected chi connectivity index (χ0v) is 17.8. The molecule has 0 atom stereocenters. The molecular weight excluding hydrogens is 424 g/mol. The lowest BCUT2D eigenvalue weighted by atomic mass is 10.1. The maximum Gasteiger partial charge on any atom is 0.262 e. The molecule has 0 aromatic heterocycles. The lowest BCUT2D eigenvalue weighted by Gasteiger charge is -2.12. The minimum absolute atomic E-state index is 0.0475. The Balaban J connectivity index is 1.65. The summed E-state index contributed by atoms with van der Waals surface area (Å²) in [5.41, 5.74) is 1.23. The van der Waals surface area contributed by atoms with Crippen LogP contribution in [0, 0.1) is 6.92 Å². The molecule has 2 N–H and O–H groups in total. The number of hydrogen-bond acceptors (Lipinski definition) is 4. The summed E-state index contributed by atoms with van der Waals surface area (Å²) in [6.07, 6.45) is 0. The van der Waals surface area contributed by atoms with Crippen molar-refractivity contribution in [3.05, 3.63) is 88.9 Å². The van der Waals surface area contributed by atoms with Gasteiger partial charge in [-0.1, -0.05) is 48.0 Å². The number of sulfonamides is 1. The first-order chi connectivity index (χ1) is 14.4. The van der Waals surface area contributed by atoms with Gasteiger partial charge >= 0.3 is 0 Å². The molecule has 156 valence electrons. The minimum Gasteiger partial charge on any atom is -0.490 e. The largest absolute Gasteiger partial charge is 0.490 e. The maximum absolute atomic E-state index is 12.8. The molecule has 0 aliphatic carbocycles. The van der Waals surface area contributed by atoms with Crippen molar-refractivity contribution in [2.45, 2.75) is 11.8 Å². The van der Waals surface area contributed by atoms with Crippen molar-refractivity contribution >= 4 is 33.2 Å². The lowest BCUT2D eigenvalue weighted by Crippen LogP contribution is -2.28. The fourth-order valence-corrected chi connectivity index (χ4v) is 4.26. The first kappa shape index (κ1) is 21.7. The molecule has 0 saturated heterocycles. The van der Waals surface area contributed by atoms with Crippen LogP contribution in [0.3, 0.4) is 0 Å². The Bertz CT molecular complexity index is 1130. The quantitative estimate of drug-likeness (QED) is 0.508. The van der Waals surface area contributed by atoms with Crippen LogP contribution in [0.15, 0.2) is 77.7 Å². The van der Waals surface area contributed by atoms with Gasteiger partial charge in [0.15, 0.2) is 0 Å². The summed E-state index contributed by atoms with van der Waals surface area (Å²) in [6, 6.07) is 20.2. The normalized spacial score (nSPS) is 11.0. The fraction of sp³-hybridized carbons (Fsp3) is 0.136. The van der Waals surface area contributed by atoms with Crippen molar-refractivity contribution in [2.24, 2.45) is 0 Å². The van der Waals surface area contributed by atoms with Gasteiger partial charge in [-0.3, -0.25) is 9.52 Å². The Morgan fingerprint density at radius 1 is 1.00 bits per heavy atom. The van der Waals surface area contributed by atoms with E-state index in [2.05, 4.69) is 10.0 Å². The lowest BCUT2D eigenvalue weighted by molar-refractivity contribution is 0.0947. The first-order valence-electron chi connectivity index (χ1n) is 9.21. The second-order valence-corrected chi connectivity index (χ2v) is 8.54. The van der Waals surface area contributed by atoms with E-state index in [0.29, 0.717) is 22.0 Å². The van der Waals surface area contributed by atoms with Crippen LogP contribution in [0.4, 0.5) is 5.69 Å². The molecule has 0 spiro atoms. The molecule has 0 saturated carbocycles. The number of anilines is 1. The van der Waals surface area contributed by atoms with E-state index in [0.717, 1.165) is 0 Å².